The first-order valence-electron chi connectivity index (χ1n) is 17.6. The van der Waals surface area contributed by atoms with Crippen molar-refractivity contribution in [3.05, 3.63) is 41.0 Å². The molecular formula is C36H55N5O10S2. The summed E-state index contributed by atoms with van der Waals surface area (Å²) in [5.74, 6) is -1.45. The Morgan fingerprint density at radius 2 is 1.55 bits per heavy atom. The van der Waals surface area contributed by atoms with Crippen LogP contribution in [-0.2, 0) is 44.6 Å². The smallest absolute Gasteiger partial charge is 0.407 e. The van der Waals surface area contributed by atoms with Gasteiger partial charge in [0.05, 0.1) is 68.4 Å². The third kappa shape index (κ3) is 15.9. The Balaban J connectivity index is 1.32. The SMILES string of the molecule is Cc1ncsc1-c1ccc(CNC(=O)[C@@H]2C[C@@H](O)CN2C(=O)[C@@H](NC(=O)COCCOCCOCCOCCNC(=O)OC(C)(C)C)C(C)(C)S)cc1. The van der Waals surface area contributed by atoms with Crippen LogP contribution in [0.5, 0.6) is 0 Å². The average molecular weight is 782 g/mol. The second-order valence-corrected chi connectivity index (χ2v) is 16.1. The Morgan fingerprint density at radius 3 is 2.11 bits per heavy atom. The van der Waals surface area contributed by atoms with Gasteiger partial charge in [0.1, 0.15) is 24.3 Å². The largest absolute Gasteiger partial charge is 0.444 e. The molecule has 2 heterocycles. The minimum Gasteiger partial charge on any atom is -0.444 e. The lowest BCUT2D eigenvalue weighted by Gasteiger charge is -2.34. The molecule has 0 radical (unpaired) electrons. The van der Waals surface area contributed by atoms with Gasteiger partial charge >= 0.3 is 6.09 Å². The van der Waals surface area contributed by atoms with E-state index in [1.165, 1.54) is 4.90 Å². The number of benzene rings is 1. The first-order chi connectivity index (χ1) is 25.0. The number of aliphatic hydroxyl groups is 1. The number of carbonyl (C=O) groups is 4. The van der Waals surface area contributed by atoms with E-state index in [4.69, 9.17) is 23.7 Å². The third-order valence-corrected chi connectivity index (χ3v) is 9.05. The maximum atomic E-state index is 13.8. The van der Waals surface area contributed by atoms with Crippen molar-refractivity contribution in [3.63, 3.8) is 0 Å². The van der Waals surface area contributed by atoms with Gasteiger partial charge in [-0.15, -0.1) is 11.3 Å². The molecular weight excluding hydrogens is 727 g/mol. The van der Waals surface area contributed by atoms with E-state index in [0.29, 0.717) is 39.6 Å². The van der Waals surface area contributed by atoms with Crippen molar-refractivity contribution < 1.29 is 48.0 Å². The van der Waals surface area contributed by atoms with E-state index in [9.17, 15) is 24.3 Å². The minimum absolute atomic E-state index is 0.0477. The van der Waals surface area contributed by atoms with E-state index in [1.54, 1.807) is 51.5 Å². The lowest BCUT2D eigenvalue weighted by atomic mass is 10.0. The number of β-amino-alcohol motifs (C(OH)–C–C–N with tert-alkyl or cyclic N) is 1. The van der Waals surface area contributed by atoms with Gasteiger partial charge < -0.3 is 49.6 Å². The Kier molecular flexibility index (Phi) is 17.9. The predicted molar refractivity (Wildman–Crippen MR) is 203 cm³/mol. The number of alkyl carbamates (subject to hydrolysis) is 1. The minimum atomic E-state index is -1.09. The number of thiazole rings is 1. The fourth-order valence-electron chi connectivity index (χ4n) is 5.24. The molecule has 0 spiro atoms. The summed E-state index contributed by atoms with van der Waals surface area (Å²) in [5, 5.41) is 18.6. The second kappa shape index (κ2) is 21.5. The molecule has 3 rings (SSSR count). The normalized spacial score (nSPS) is 16.6. The maximum Gasteiger partial charge on any atom is 0.407 e. The number of thiol groups is 1. The highest BCUT2D eigenvalue weighted by Gasteiger charge is 2.44. The van der Waals surface area contributed by atoms with Gasteiger partial charge in [0.25, 0.3) is 0 Å². The summed E-state index contributed by atoms with van der Waals surface area (Å²) in [5.41, 5.74) is 4.13. The molecule has 4 N–H and O–H groups in total. The average Bonchev–Trinajstić information content (AvgIpc) is 3.70. The highest BCUT2D eigenvalue weighted by atomic mass is 32.1. The van der Waals surface area contributed by atoms with Gasteiger partial charge in [0.2, 0.25) is 17.7 Å². The molecule has 0 saturated carbocycles. The van der Waals surface area contributed by atoms with Gasteiger partial charge in [0.15, 0.2) is 0 Å². The maximum absolute atomic E-state index is 13.8. The van der Waals surface area contributed by atoms with Gasteiger partial charge in [-0.3, -0.25) is 14.4 Å². The summed E-state index contributed by atoms with van der Waals surface area (Å²) in [4.78, 5) is 58.1. The van der Waals surface area contributed by atoms with Crippen molar-refractivity contribution in [2.75, 3.05) is 65.9 Å². The van der Waals surface area contributed by atoms with Gasteiger partial charge in [-0.25, -0.2) is 9.78 Å². The number of nitrogens with one attached hydrogen (secondary N) is 3. The Hall–Kier alpha value is -3.32. The van der Waals surface area contributed by atoms with E-state index in [1.807, 2.05) is 31.2 Å². The molecule has 1 fully saturated rings. The number of amides is 4. The lowest BCUT2D eigenvalue weighted by molar-refractivity contribution is -0.142. The van der Waals surface area contributed by atoms with Crippen molar-refractivity contribution >= 4 is 47.8 Å². The molecule has 1 saturated heterocycles. The molecule has 0 bridgehead atoms. The summed E-state index contributed by atoms with van der Waals surface area (Å²) >= 11 is 6.13. The van der Waals surface area contributed by atoms with Crippen LogP contribution in [0.25, 0.3) is 10.4 Å². The fraction of sp³-hybridized carbons (Fsp3) is 0.639. The lowest BCUT2D eigenvalue weighted by Crippen LogP contribution is -2.59. The Labute approximate surface area is 321 Å². The van der Waals surface area contributed by atoms with Gasteiger partial charge in [0, 0.05) is 30.8 Å². The molecule has 53 heavy (non-hydrogen) atoms. The van der Waals surface area contributed by atoms with Crippen molar-refractivity contribution in [2.24, 2.45) is 0 Å². The molecule has 1 aliphatic heterocycles. The predicted octanol–water partition coefficient (Wildman–Crippen LogP) is 2.48. The van der Waals surface area contributed by atoms with Crippen molar-refractivity contribution in [2.45, 2.75) is 83.0 Å². The zero-order valence-corrected chi connectivity index (χ0v) is 33.2. The van der Waals surface area contributed by atoms with Crippen LogP contribution in [0.1, 0.15) is 52.3 Å². The van der Waals surface area contributed by atoms with Crippen LogP contribution in [0.2, 0.25) is 0 Å². The second-order valence-electron chi connectivity index (χ2n) is 14.1. The molecule has 1 aromatic carbocycles. The molecule has 1 aromatic heterocycles. The summed E-state index contributed by atoms with van der Waals surface area (Å²) in [6, 6.07) is 5.80. The number of aromatic nitrogens is 1. The molecule has 4 amide bonds. The Bertz CT molecular complexity index is 1460. The molecule has 3 atom stereocenters. The van der Waals surface area contributed by atoms with E-state index in [2.05, 4.69) is 33.6 Å². The van der Waals surface area contributed by atoms with Gasteiger partial charge in [-0.1, -0.05) is 24.3 Å². The highest BCUT2D eigenvalue weighted by molar-refractivity contribution is 7.81. The fourth-order valence-corrected chi connectivity index (χ4v) is 6.23. The van der Waals surface area contributed by atoms with E-state index in [-0.39, 0.29) is 39.3 Å². The first-order valence-corrected chi connectivity index (χ1v) is 18.9. The number of aliphatic hydroxyl groups excluding tert-OH is 1. The van der Waals surface area contributed by atoms with Crippen LogP contribution in [0.3, 0.4) is 0 Å². The van der Waals surface area contributed by atoms with Crippen molar-refractivity contribution in [1.29, 1.82) is 0 Å². The third-order valence-electron chi connectivity index (χ3n) is 7.82. The molecule has 2 aromatic rings. The van der Waals surface area contributed by atoms with Crippen LogP contribution >= 0.6 is 24.0 Å². The number of rotatable bonds is 21. The summed E-state index contributed by atoms with van der Waals surface area (Å²) in [7, 11) is 0. The number of nitrogens with zero attached hydrogens (tertiary/aromatic N) is 2. The number of carbonyl (C=O) groups excluding carboxylic acids is 4. The number of hydrogen-bond donors (Lipinski definition) is 5. The number of ether oxygens (including phenoxy) is 5. The molecule has 15 nitrogen and oxygen atoms in total. The molecule has 0 aliphatic carbocycles. The molecule has 17 heteroatoms. The number of hydrogen-bond acceptors (Lipinski definition) is 13. The van der Waals surface area contributed by atoms with E-state index < -0.39 is 52.4 Å². The van der Waals surface area contributed by atoms with Crippen molar-refractivity contribution in [1.82, 2.24) is 25.8 Å². The quantitative estimate of drug-likeness (QED) is 0.0926. The topological polar surface area (TPSA) is 187 Å². The Morgan fingerprint density at radius 1 is 0.943 bits per heavy atom. The number of aryl methyl sites for hydroxylation is 1. The first kappa shape index (κ1) is 44.1. The van der Waals surface area contributed by atoms with Crippen LogP contribution in [-0.4, -0.2) is 133 Å². The number of likely N-dealkylation sites (tertiary alicyclic amines) is 1. The molecule has 1 aliphatic rings. The summed E-state index contributed by atoms with van der Waals surface area (Å²) in [6.07, 6.45) is -1.31. The van der Waals surface area contributed by atoms with Gasteiger partial charge in [-0.05, 0) is 52.7 Å². The monoisotopic (exact) mass is 781 g/mol. The van der Waals surface area contributed by atoms with E-state index in [0.717, 1.165) is 21.7 Å². The van der Waals surface area contributed by atoms with E-state index >= 15 is 0 Å². The molecule has 296 valence electrons. The van der Waals surface area contributed by atoms with Gasteiger partial charge in [-0.2, -0.15) is 12.6 Å². The van der Waals surface area contributed by atoms with Crippen LogP contribution in [0, 0.1) is 6.92 Å². The van der Waals surface area contributed by atoms with Crippen LogP contribution in [0.4, 0.5) is 4.79 Å². The molecule has 0 unspecified atom stereocenters. The van der Waals surface area contributed by atoms with Crippen LogP contribution in [0.15, 0.2) is 29.8 Å². The van der Waals surface area contributed by atoms with Crippen LogP contribution < -0.4 is 16.0 Å². The summed E-state index contributed by atoms with van der Waals surface area (Å²) in [6.45, 7) is 13.0. The summed E-state index contributed by atoms with van der Waals surface area (Å²) < 4.78 is 25.9. The zero-order chi connectivity index (χ0) is 39.0. The standard InChI is InChI=1S/C36H55N5O10S2/c1-24-30(53-23-39-24)26-9-7-25(8-10-26)20-38-32(44)28-19-27(42)21-41(28)33(45)31(36(5,6)52)40-29(43)22-50-18-17-49-16-15-48-14-13-47-12-11-37-34(46)51-35(2,3)4/h7-10,23,27-28,31,42,52H,11-22H2,1-6H3,(H,37,46)(H,38,44)(H,40,43)/t27-,28+,31-/m1/s1. The van der Waals surface area contributed by atoms with Crippen molar-refractivity contribution in [3.8, 4) is 10.4 Å². The zero-order valence-electron chi connectivity index (χ0n) is 31.5. The highest BCUT2D eigenvalue weighted by Crippen LogP contribution is 2.28.